The van der Waals surface area contributed by atoms with Gasteiger partial charge in [-0.3, -0.25) is 0 Å². The number of hydrogen-bond acceptors (Lipinski definition) is 6. The molecule has 0 spiro atoms. The highest BCUT2D eigenvalue weighted by Gasteiger charge is 2.39. The predicted molar refractivity (Wildman–Crippen MR) is 65.3 cm³/mol. The highest BCUT2D eigenvalue weighted by molar-refractivity contribution is 7.91. The Balaban J connectivity index is 2.36. The number of aliphatic hydroxyl groups excluding tert-OH is 1. The predicted octanol–water partition coefficient (Wildman–Crippen LogP) is 0.179. The van der Waals surface area contributed by atoms with E-state index >= 15 is 0 Å². The molecule has 3 N–H and O–H groups in total. The Labute approximate surface area is 104 Å². The van der Waals surface area contributed by atoms with Crippen molar-refractivity contribution in [1.82, 2.24) is 9.29 Å². The molecular weight excluding hydrogens is 262 g/mol. The zero-order chi connectivity index (χ0) is 12.6. The van der Waals surface area contributed by atoms with Crippen LogP contribution in [0.2, 0.25) is 0 Å². The highest BCUT2D eigenvalue weighted by atomic mass is 32.2. The van der Waals surface area contributed by atoms with Crippen LogP contribution in [0, 0.1) is 6.92 Å². The van der Waals surface area contributed by atoms with Crippen LogP contribution in [-0.2, 0) is 10.0 Å². The molecular formula is C9H15N3O3S2. The SMILES string of the molecule is Cc1nc(N)sc1S(=O)(=O)N(CCO)C1CC1. The summed E-state index contributed by atoms with van der Waals surface area (Å²) in [6.45, 7) is 1.58. The molecule has 0 atom stereocenters. The number of anilines is 1. The Morgan fingerprint density at radius 1 is 1.59 bits per heavy atom. The monoisotopic (exact) mass is 277 g/mol. The zero-order valence-corrected chi connectivity index (χ0v) is 11.1. The van der Waals surface area contributed by atoms with Crippen LogP contribution >= 0.6 is 11.3 Å². The van der Waals surface area contributed by atoms with E-state index in [2.05, 4.69) is 4.98 Å². The lowest BCUT2D eigenvalue weighted by Crippen LogP contribution is -2.35. The summed E-state index contributed by atoms with van der Waals surface area (Å²) in [5.74, 6) is 0. The summed E-state index contributed by atoms with van der Waals surface area (Å²) in [5, 5.41) is 9.21. The molecule has 0 aliphatic heterocycles. The molecule has 0 bridgehead atoms. The van der Waals surface area contributed by atoms with Crippen LogP contribution < -0.4 is 5.73 Å². The molecule has 0 amide bonds. The molecule has 0 radical (unpaired) electrons. The lowest BCUT2D eigenvalue weighted by atomic mass is 10.6. The van der Waals surface area contributed by atoms with Crippen molar-refractivity contribution in [3.05, 3.63) is 5.69 Å². The third-order valence-corrected chi connectivity index (χ3v) is 6.11. The van der Waals surface area contributed by atoms with Crippen molar-refractivity contribution in [2.45, 2.75) is 30.0 Å². The van der Waals surface area contributed by atoms with Gasteiger partial charge in [0.25, 0.3) is 10.0 Å². The second-order valence-corrected chi connectivity index (χ2v) is 7.11. The van der Waals surface area contributed by atoms with E-state index in [9.17, 15) is 8.42 Å². The molecule has 17 heavy (non-hydrogen) atoms. The van der Waals surface area contributed by atoms with E-state index in [0.29, 0.717) is 5.69 Å². The maximum Gasteiger partial charge on any atom is 0.254 e. The van der Waals surface area contributed by atoms with E-state index in [0.717, 1.165) is 24.2 Å². The van der Waals surface area contributed by atoms with Crippen LogP contribution in [0.1, 0.15) is 18.5 Å². The number of hydrogen-bond donors (Lipinski definition) is 2. The number of aromatic nitrogens is 1. The molecule has 0 saturated heterocycles. The van der Waals surface area contributed by atoms with E-state index in [4.69, 9.17) is 10.8 Å². The fourth-order valence-electron chi connectivity index (χ4n) is 1.71. The Bertz CT molecular complexity index is 508. The Morgan fingerprint density at radius 3 is 2.65 bits per heavy atom. The molecule has 96 valence electrons. The first-order chi connectivity index (χ1) is 7.96. The van der Waals surface area contributed by atoms with E-state index in [1.54, 1.807) is 6.92 Å². The van der Waals surface area contributed by atoms with Crippen molar-refractivity contribution < 1.29 is 13.5 Å². The third kappa shape index (κ3) is 2.44. The van der Waals surface area contributed by atoms with Gasteiger partial charge in [-0.25, -0.2) is 13.4 Å². The van der Waals surface area contributed by atoms with Gasteiger partial charge in [0.2, 0.25) is 0 Å². The van der Waals surface area contributed by atoms with Crippen LogP contribution in [0.5, 0.6) is 0 Å². The molecule has 1 heterocycles. The second kappa shape index (κ2) is 4.52. The number of nitrogen functional groups attached to an aromatic ring is 1. The average Bonchev–Trinajstić information content (AvgIpc) is 3.00. The first-order valence-electron chi connectivity index (χ1n) is 5.32. The van der Waals surface area contributed by atoms with E-state index in [1.807, 2.05) is 0 Å². The van der Waals surface area contributed by atoms with Gasteiger partial charge in [-0.1, -0.05) is 11.3 Å². The lowest BCUT2D eigenvalue weighted by Gasteiger charge is -2.19. The fraction of sp³-hybridized carbons (Fsp3) is 0.667. The number of nitrogens with two attached hydrogens (primary N) is 1. The smallest absolute Gasteiger partial charge is 0.254 e. The van der Waals surface area contributed by atoms with Gasteiger partial charge in [0.05, 0.1) is 12.3 Å². The van der Waals surface area contributed by atoms with Gasteiger partial charge in [-0.15, -0.1) is 0 Å². The largest absolute Gasteiger partial charge is 0.395 e. The molecule has 1 aliphatic rings. The van der Waals surface area contributed by atoms with Crippen molar-refractivity contribution >= 4 is 26.5 Å². The van der Waals surface area contributed by atoms with Crippen LogP contribution in [0.3, 0.4) is 0 Å². The standard InChI is InChI=1S/C9H15N3O3S2/c1-6-8(16-9(10)11-6)17(14,15)12(4-5-13)7-2-3-7/h7,13H,2-5H2,1H3,(H2,10,11). The first kappa shape index (κ1) is 12.7. The van der Waals surface area contributed by atoms with Crippen LogP contribution in [0.15, 0.2) is 4.21 Å². The third-order valence-electron chi connectivity index (χ3n) is 2.59. The van der Waals surface area contributed by atoms with Gasteiger partial charge in [-0.05, 0) is 19.8 Å². The van der Waals surface area contributed by atoms with Gasteiger partial charge in [-0.2, -0.15) is 4.31 Å². The van der Waals surface area contributed by atoms with E-state index in [1.165, 1.54) is 4.31 Å². The van der Waals surface area contributed by atoms with Gasteiger partial charge >= 0.3 is 0 Å². The summed E-state index contributed by atoms with van der Waals surface area (Å²) >= 11 is 0.976. The molecule has 6 nitrogen and oxygen atoms in total. The minimum Gasteiger partial charge on any atom is -0.395 e. The lowest BCUT2D eigenvalue weighted by molar-refractivity contribution is 0.250. The molecule has 8 heteroatoms. The van der Waals surface area contributed by atoms with Crippen molar-refractivity contribution in [3.63, 3.8) is 0 Å². The molecule has 0 unspecified atom stereocenters. The Hall–Kier alpha value is -0.700. The van der Waals surface area contributed by atoms with Crippen LogP contribution in [0.25, 0.3) is 0 Å². The summed E-state index contributed by atoms with van der Waals surface area (Å²) < 4.78 is 26.3. The first-order valence-corrected chi connectivity index (χ1v) is 7.58. The number of rotatable bonds is 5. The van der Waals surface area contributed by atoms with Gasteiger partial charge < -0.3 is 10.8 Å². The number of nitrogens with zero attached hydrogens (tertiary/aromatic N) is 2. The van der Waals surface area contributed by atoms with Crippen LogP contribution in [-0.4, -0.2) is 42.0 Å². The average molecular weight is 277 g/mol. The van der Waals surface area contributed by atoms with E-state index < -0.39 is 10.0 Å². The Morgan fingerprint density at radius 2 is 2.24 bits per heavy atom. The maximum atomic E-state index is 12.4. The van der Waals surface area contributed by atoms with E-state index in [-0.39, 0.29) is 28.5 Å². The quantitative estimate of drug-likeness (QED) is 0.800. The molecule has 1 aromatic heterocycles. The molecule has 1 saturated carbocycles. The van der Waals surface area contributed by atoms with Gasteiger partial charge in [0.1, 0.15) is 0 Å². The normalized spacial score (nSPS) is 16.6. The minimum absolute atomic E-state index is 0.0230. The topological polar surface area (TPSA) is 96.5 Å². The van der Waals surface area contributed by atoms with Crippen LogP contribution in [0.4, 0.5) is 5.13 Å². The molecule has 1 aliphatic carbocycles. The number of sulfonamides is 1. The van der Waals surface area contributed by atoms with Crippen molar-refractivity contribution in [3.8, 4) is 0 Å². The van der Waals surface area contributed by atoms with Crippen molar-refractivity contribution in [2.24, 2.45) is 0 Å². The number of aliphatic hydroxyl groups is 1. The zero-order valence-electron chi connectivity index (χ0n) is 9.46. The van der Waals surface area contributed by atoms with Gasteiger partial charge in [0, 0.05) is 12.6 Å². The summed E-state index contributed by atoms with van der Waals surface area (Å²) in [4.78, 5) is 3.93. The van der Waals surface area contributed by atoms with Crippen molar-refractivity contribution in [2.75, 3.05) is 18.9 Å². The second-order valence-electron chi connectivity index (χ2n) is 4.00. The molecule has 0 aromatic carbocycles. The summed E-state index contributed by atoms with van der Waals surface area (Å²) in [6, 6.07) is 0.0230. The summed E-state index contributed by atoms with van der Waals surface area (Å²) in [6.07, 6.45) is 1.71. The summed E-state index contributed by atoms with van der Waals surface area (Å²) in [7, 11) is -3.56. The number of thiazole rings is 1. The molecule has 2 rings (SSSR count). The fourth-order valence-corrected chi connectivity index (χ4v) is 4.80. The molecule has 1 fully saturated rings. The summed E-state index contributed by atoms with van der Waals surface area (Å²) in [5.41, 5.74) is 5.94. The minimum atomic E-state index is -3.56. The number of aryl methyl sites for hydroxylation is 1. The highest BCUT2D eigenvalue weighted by Crippen LogP contribution is 2.35. The maximum absolute atomic E-state index is 12.4. The Kier molecular flexibility index (Phi) is 3.39. The van der Waals surface area contributed by atoms with Crippen molar-refractivity contribution in [1.29, 1.82) is 0 Å². The van der Waals surface area contributed by atoms with Gasteiger partial charge in [0.15, 0.2) is 9.34 Å². The molecule has 1 aromatic rings.